The van der Waals surface area contributed by atoms with Crippen LogP contribution in [0.5, 0.6) is 0 Å². The summed E-state index contributed by atoms with van der Waals surface area (Å²) in [7, 11) is 0. The van der Waals surface area contributed by atoms with E-state index in [0.717, 1.165) is 27.2 Å². The van der Waals surface area contributed by atoms with Crippen LogP contribution in [-0.4, -0.2) is 9.97 Å². The Hall–Kier alpha value is -1.13. The maximum Gasteiger partial charge on any atom is 0.120 e. The van der Waals surface area contributed by atoms with Crippen molar-refractivity contribution < 1.29 is 0 Å². The lowest BCUT2D eigenvalue weighted by molar-refractivity contribution is 0.944. The van der Waals surface area contributed by atoms with Gasteiger partial charge in [-0.05, 0) is 19.1 Å². The summed E-state index contributed by atoms with van der Waals surface area (Å²) < 4.78 is 1.07. The van der Waals surface area contributed by atoms with E-state index in [1.54, 1.807) is 0 Å². The molecule has 0 bridgehead atoms. The summed E-state index contributed by atoms with van der Waals surface area (Å²) in [6.45, 7) is 2.45. The van der Waals surface area contributed by atoms with E-state index < -0.39 is 0 Å². The molecule has 78 valence electrons. The molecule has 1 heterocycles. The summed E-state index contributed by atoms with van der Waals surface area (Å²) in [6, 6.07) is 8.08. The molecule has 0 aliphatic heterocycles. The molecule has 3 nitrogen and oxygen atoms in total. The van der Waals surface area contributed by atoms with Crippen LogP contribution in [0.25, 0.3) is 11.3 Å². The first-order valence-corrected chi connectivity index (χ1v) is 5.51. The van der Waals surface area contributed by atoms with Crippen molar-refractivity contribution in [2.75, 3.05) is 0 Å². The highest BCUT2D eigenvalue weighted by Crippen LogP contribution is 2.22. The smallest absolute Gasteiger partial charge is 0.120 e. The highest BCUT2D eigenvalue weighted by molar-refractivity contribution is 9.10. The summed E-state index contributed by atoms with van der Waals surface area (Å²) in [6.07, 6.45) is 0. The Labute approximate surface area is 96.9 Å². The molecule has 0 saturated heterocycles. The van der Waals surface area contributed by atoms with Crippen LogP contribution < -0.4 is 5.73 Å². The van der Waals surface area contributed by atoms with E-state index in [4.69, 9.17) is 5.73 Å². The molecule has 0 aliphatic carbocycles. The highest BCUT2D eigenvalue weighted by Gasteiger charge is 2.07. The fraction of sp³-hybridized carbons (Fsp3) is 0.182. The molecule has 0 unspecified atom stereocenters. The maximum absolute atomic E-state index is 5.53. The molecular formula is C11H12BrN3. The Balaban J connectivity index is 2.44. The monoisotopic (exact) mass is 265 g/mol. The van der Waals surface area contributed by atoms with Gasteiger partial charge in [-0.15, -0.1) is 0 Å². The van der Waals surface area contributed by atoms with Crippen LogP contribution in [0.3, 0.4) is 0 Å². The van der Waals surface area contributed by atoms with E-state index in [1.165, 1.54) is 0 Å². The van der Waals surface area contributed by atoms with E-state index in [9.17, 15) is 0 Å². The number of hydrogen-bond acceptors (Lipinski definition) is 2. The van der Waals surface area contributed by atoms with Crippen LogP contribution >= 0.6 is 15.9 Å². The number of aryl methyl sites for hydroxylation is 1. The molecule has 0 aliphatic rings. The minimum atomic E-state index is 0.442. The Morgan fingerprint density at radius 2 is 2.00 bits per heavy atom. The van der Waals surface area contributed by atoms with Gasteiger partial charge >= 0.3 is 0 Å². The molecule has 3 N–H and O–H groups in total. The van der Waals surface area contributed by atoms with Gasteiger partial charge in [0, 0.05) is 15.7 Å². The SMILES string of the molecule is Cc1[nH]c(CN)nc1-c1ccc(Br)cc1. The van der Waals surface area contributed by atoms with Crippen molar-refractivity contribution in [2.45, 2.75) is 13.5 Å². The first-order chi connectivity index (χ1) is 7.20. The third-order valence-corrected chi connectivity index (χ3v) is 2.77. The average molecular weight is 266 g/mol. The predicted molar refractivity (Wildman–Crippen MR) is 64.4 cm³/mol. The molecule has 2 aromatic rings. The van der Waals surface area contributed by atoms with Crippen molar-refractivity contribution >= 4 is 15.9 Å². The molecule has 15 heavy (non-hydrogen) atoms. The summed E-state index contributed by atoms with van der Waals surface area (Å²) in [5, 5.41) is 0. The van der Waals surface area contributed by atoms with Crippen molar-refractivity contribution in [3.05, 3.63) is 40.3 Å². The molecule has 0 atom stereocenters. The van der Waals surface area contributed by atoms with Crippen molar-refractivity contribution in [3.8, 4) is 11.3 Å². The fourth-order valence-electron chi connectivity index (χ4n) is 1.51. The van der Waals surface area contributed by atoms with E-state index in [0.29, 0.717) is 6.54 Å². The second-order valence-corrected chi connectivity index (χ2v) is 4.28. The largest absolute Gasteiger partial charge is 0.344 e. The van der Waals surface area contributed by atoms with Gasteiger partial charge in [-0.2, -0.15) is 0 Å². The predicted octanol–water partition coefficient (Wildman–Crippen LogP) is 2.61. The molecule has 1 aromatic heterocycles. The van der Waals surface area contributed by atoms with Gasteiger partial charge in [-0.1, -0.05) is 28.1 Å². The number of hydrogen-bond donors (Lipinski definition) is 2. The number of benzene rings is 1. The lowest BCUT2D eigenvalue weighted by atomic mass is 10.1. The van der Waals surface area contributed by atoms with E-state index in [1.807, 2.05) is 31.2 Å². The molecule has 0 spiro atoms. The third kappa shape index (κ3) is 2.11. The Kier molecular flexibility index (Phi) is 2.88. The lowest BCUT2D eigenvalue weighted by Gasteiger charge is -1.98. The van der Waals surface area contributed by atoms with Crippen LogP contribution in [0.15, 0.2) is 28.7 Å². The number of nitrogens with one attached hydrogen (secondary N) is 1. The quantitative estimate of drug-likeness (QED) is 0.877. The molecule has 0 radical (unpaired) electrons. The zero-order valence-electron chi connectivity index (χ0n) is 8.42. The number of halogens is 1. The maximum atomic E-state index is 5.53. The van der Waals surface area contributed by atoms with Crippen LogP contribution in [0.4, 0.5) is 0 Å². The number of nitrogens with two attached hydrogens (primary N) is 1. The van der Waals surface area contributed by atoms with Gasteiger partial charge in [-0.3, -0.25) is 0 Å². The van der Waals surface area contributed by atoms with Crippen LogP contribution in [0, 0.1) is 6.92 Å². The molecule has 2 rings (SSSR count). The zero-order valence-corrected chi connectivity index (χ0v) is 10.0. The molecule has 1 aromatic carbocycles. The van der Waals surface area contributed by atoms with Gasteiger partial charge in [0.15, 0.2) is 0 Å². The van der Waals surface area contributed by atoms with Crippen molar-refractivity contribution in [2.24, 2.45) is 5.73 Å². The second kappa shape index (κ2) is 4.16. The molecule has 0 amide bonds. The number of aromatic amines is 1. The molecule has 0 saturated carbocycles. The third-order valence-electron chi connectivity index (χ3n) is 2.24. The summed E-state index contributed by atoms with van der Waals surface area (Å²) in [5.41, 5.74) is 8.66. The normalized spacial score (nSPS) is 10.6. The fourth-order valence-corrected chi connectivity index (χ4v) is 1.77. The Morgan fingerprint density at radius 1 is 1.33 bits per heavy atom. The van der Waals surface area contributed by atoms with Crippen molar-refractivity contribution in [1.82, 2.24) is 9.97 Å². The number of rotatable bonds is 2. The van der Waals surface area contributed by atoms with Gasteiger partial charge < -0.3 is 10.7 Å². The second-order valence-electron chi connectivity index (χ2n) is 3.37. The summed E-state index contributed by atoms with van der Waals surface area (Å²) >= 11 is 3.41. The number of aromatic nitrogens is 2. The topological polar surface area (TPSA) is 54.7 Å². The van der Waals surface area contributed by atoms with E-state index in [-0.39, 0.29) is 0 Å². The van der Waals surface area contributed by atoms with Gasteiger partial charge in [-0.25, -0.2) is 4.98 Å². The minimum absolute atomic E-state index is 0.442. The number of imidazole rings is 1. The average Bonchev–Trinajstić information content (AvgIpc) is 2.61. The Morgan fingerprint density at radius 3 is 2.53 bits per heavy atom. The first-order valence-electron chi connectivity index (χ1n) is 4.72. The van der Waals surface area contributed by atoms with Crippen molar-refractivity contribution in [3.63, 3.8) is 0 Å². The van der Waals surface area contributed by atoms with Gasteiger partial charge in [0.05, 0.1) is 12.2 Å². The molecule has 0 fully saturated rings. The Bertz CT molecular complexity index is 459. The molecular weight excluding hydrogens is 254 g/mol. The highest BCUT2D eigenvalue weighted by atomic mass is 79.9. The summed E-state index contributed by atoms with van der Waals surface area (Å²) in [5.74, 6) is 0.824. The van der Waals surface area contributed by atoms with Gasteiger partial charge in [0.1, 0.15) is 5.82 Å². The number of H-pyrrole nitrogens is 1. The van der Waals surface area contributed by atoms with Gasteiger partial charge in [0.25, 0.3) is 0 Å². The van der Waals surface area contributed by atoms with Crippen LogP contribution in [0.1, 0.15) is 11.5 Å². The minimum Gasteiger partial charge on any atom is -0.344 e. The van der Waals surface area contributed by atoms with E-state index >= 15 is 0 Å². The first kappa shape index (κ1) is 10.4. The lowest BCUT2D eigenvalue weighted by Crippen LogP contribution is -1.97. The van der Waals surface area contributed by atoms with E-state index in [2.05, 4.69) is 25.9 Å². The molecule has 4 heteroatoms. The van der Waals surface area contributed by atoms with Crippen molar-refractivity contribution in [1.29, 1.82) is 0 Å². The van der Waals surface area contributed by atoms with Crippen LogP contribution in [-0.2, 0) is 6.54 Å². The van der Waals surface area contributed by atoms with Crippen LogP contribution in [0.2, 0.25) is 0 Å². The standard InChI is InChI=1S/C11H12BrN3/c1-7-11(15-10(6-13)14-7)8-2-4-9(12)5-3-8/h2-5H,6,13H2,1H3,(H,14,15). The number of nitrogens with zero attached hydrogens (tertiary/aromatic N) is 1. The summed E-state index contributed by atoms with van der Waals surface area (Å²) in [4.78, 5) is 7.59. The van der Waals surface area contributed by atoms with Gasteiger partial charge in [0.2, 0.25) is 0 Å². The zero-order chi connectivity index (χ0) is 10.8.